The molecule has 0 saturated heterocycles. The molecule has 0 amide bonds. The lowest BCUT2D eigenvalue weighted by atomic mass is 10.3. The minimum absolute atomic E-state index is 0.221. The fourth-order valence-electron chi connectivity index (χ4n) is 1.04. The highest BCUT2D eigenvalue weighted by Gasteiger charge is 2.15. The molecule has 0 saturated carbocycles. The Morgan fingerprint density at radius 2 is 2.07 bits per heavy atom. The molecule has 0 aliphatic rings. The van der Waals surface area contributed by atoms with E-state index in [2.05, 4.69) is 11.9 Å². The number of rotatable bonds is 8. The van der Waals surface area contributed by atoms with E-state index in [1.807, 2.05) is 7.05 Å². The van der Waals surface area contributed by atoms with E-state index in [4.69, 9.17) is 0 Å². The third-order valence-electron chi connectivity index (χ3n) is 1.94. The van der Waals surface area contributed by atoms with Crippen molar-refractivity contribution in [3.8, 4) is 0 Å². The molecule has 1 N–H and O–H groups in total. The summed E-state index contributed by atoms with van der Waals surface area (Å²) in [5, 5.41) is 2.98. The highest BCUT2D eigenvalue weighted by atomic mass is 32.2. The summed E-state index contributed by atoms with van der Waals surface area (Å²) in [5.74, 6) is 0.221. The SMILES string of the molecule is C=CCN(C)S(=O)(=O)CCCCNC. The lowest BCUT2D eigenvalue weighted by Crippen LogP contribution is -2.29. The van der Waals surface area contributed by atoms with Crippen molar-refractivity contribution in [2.75, 3.05) is 32.9 Å². The predicted octanol–water partition coefficient (Wildman–Crippen LogP) is 0.434. The average molecular weight is 220 g/mol. The van der Waals surface area contributed by atoms with E-state index >= 15 is 0 Å². The van der Waals surface area contributed by atoms with Crippen LogP contribution in [0.25, 0.3) is 0 Å². The first-order valence-electron chi connectivity index (χ1n) is 4.74. The summed E-state index contributed by atoms with van der Waals surface area (Å²) in [6.45, 7) is 4.75. The van der Waals surface area contributed by atoms with E-state index in [1.165, 1.54) is 4.31 Å². The van der Waals surface area contributed by atoms with E-state index in [9.17, 15) is 8.42 Å². The van der Waals surface area contributed by atoms with Gasteiger partial charge in [0.15, 0.2) is 0 Å². The molecular weight excluding hydrogens is 200 g/mol. The van der Waals surface area contributed by atoms with Crippen LogP contribution in [0.15, 0.2) is 12.7 Å². The zero-order valence-corrected chi connectivity index (χ0v) is 9.81. The third-order valence-corrected chi connectivity index (χ3v) is 3.84. The summed E-state index contributed by atoms with van der Waals surface area (Å²) in [4.78, 5) is 0. The van der Waals surface area contributed by atoms with Gasteiger partial charge in [-0.05, 0) is 26.4 Å². The fraction of sp³-hybridized carbons (Fsp3) is 0.778. The molecule has 0 rings (SSSR count). The Labute approximate surface area is 87.0 Å². The zero-order valence-electron chi connectivity index (χ0n) is 8.99. The molecule has 84 valence electrons. The molecule has 0 radical (unpaired) electrons. The first kappa shape index (κ1) is 13.6. The van der Waals surface area contributed by atoms with Gasteiger partial charge < -0.3 is 5.32 Å². The molecule has 0 unspecified atom stereocenters. The Morgan fingerprint density at radius 3 is 2.57 bits per heavy atom. The minimum Gasteiger partial charge on any atom is -0.320 e. The van der Waals surface area contributed by atoms with Crippen LogP contribution in [0.1, 0.15) is 12.8 Å². The number of hydrogen-bond acceptors (Lipinski definition) is 3. The van der Waals surface area contributed by atoms with Crippen LogP contribution in [-0.4, -0.2) is 45.7 Å². The highest BCUT2D eigenvalue weighted by Crippen LogP contribution is 2.01. The fourth-order valence-corrected chi connectivity index (χ4v) is 2.25. The molecule has 0 heterocycles. The number of likely N-dealkylation sites (N-methyl/N-ethyl adjacent to an activating group) is 1. The number of unbranched alkanes of at least 4 members (excludes halogenated alkanes) is 1. The van der Waals surface area contributed by atoms with E-state index in [1.54, 1.807) is 13.1 Å². The molecule has 0 aromatic heterocycles. The van der Waals surface area contributed by atoms with Gasteiger partial charge in [-0.2, -0.15) is 0 Å². The Bertz CT molecular complexity index is 250. The second-order valence-corrected chi connectivity index (χ2v) is 5.39. The maximum absolute atomic E-state index is 11.5. The molecule has 0 aromatic rings. The van der Waals surface area contributed by atoms with Crippen molar-refractivity contribution >= 4 is 10.0 Å². The van der Waals surface area contributed by atoms with E-state index in [0.29, 0.717) is 13.0 Å². The molecule has 0 aliphatic heterocycles. The Hall–Kier alpha value is -0.390. The van der Waals surface area contributed by atoms with Gasteiger partial charge in [0.05, 0.1) is 5.75 Å². The van der Waals surface area contributed by atoms with Gasteiger partial charge in [0.1, 0.15) is 0 Å². The topological polar surface area (TPSA) is 49.4 Å². The van der Waals surface area contributed by atoms with Crippen molar-refractivity contribution in [3.63, 3.8) is 0 Å². The number of hydrogen-bond donors (Lipinski definition) is 1. The van der Waals surface area contributed by atoms with Gasteiger partial charge in [-0.25, -0.2) is 12.7 Å². The summed E-state index contributed by atoms with van der Waals surface area (Å²) in [6, 6.07) is 0. The summed E-state index contributed by atoms with van der Waals surface area (Å²) >= 11 is 0. The van der Waals surface area contributed by atoms with Crippen LogP contribution in [0.2, 0.25) is 0 Å². The first-order valence-corrected chi connectivity index (χ1v) is 6.35. The molecule has 5 heteroatoms. The number of nitrogens with one attached hydrogen (secondary N) is 1. The lowest BCUT2D eigenvalue weighted by molar-refractivity contribution is 0.496. The molecular formula is C9H20N2O2S. The van der Waals surface area contributed by atoms with E-state index in [-0.39, 0.29) is 5.75 Å². The largest absolute Gasteiger partial charge is 0.320 e. The van der Waals surface area contributed by atoms with Crippen molar-refractivity contribution in [2.24, 2.45) is 0 Å². The maximum atomic E-state index is 11.5. The number of nitrogens with zero attached hydrogens (tertiary/aromatic N) is 1. The summed E-state index contributed by atoms with van der Waals surface area (Å²) < 4.78 is 24.4. The van der Waals surface area contributed by atoms with Gasteiger partial charge in [0.2, 0.25) is 10.0 Å². The molecule has 4 nitrogen and oxygen atoms in total. The van der Waals surface area contributed by atoms with Gasteiger partial charge >= 0.3 is 0 Å². The maximum Gasteiger partial charge on any atom is 0.214 e. The Morgan fingerprint density at radius 1 is 1.43 bits per heavy atom. The van der Waals surface area contributed by atoms with Crippen molar-refractivity contribution in [2.45, 2.75) is 12.8 Å². The zero-order chi connectivity index (χ0) is 11.0. The molecule has 14 heavy (non-hydrogen) atoms. The third kappa shape index (κ3) is 5.36. The van der Waals surface area contributed by atoms with Gasteiger partial charge in [-0.15, -0.1) is 6.58 Å². The summed E-state index contributed by atoms with van der Waals surface area (Å²) in [6.07, 6.45) is 3.17. The highest BCUT2D eigenvalue weighted by molar-refractivity contribution is 7.89. The van der Waals surface area contributed by atoms with E-state index in [0.717, 1.165) is 13.0 Å². The van der Waals surface area contributed by atoms with Crippen molar-refractivity contribution < 1.29 is 8.42 Å². The van der Waals surface area contributed by atoms with Crippen LogP contribution >= 0.6 is 0 Å². The summed E-state index contributed by atoms with van der Waals surface area (Å²) in [5.41, 5.74) is 0. The smallest absolute Gasteiger partial charge is 0.214 e. The van der Waals surface area contributed by atoms with Gasteiger partial charge in [0, 0.05) is 13.6 Å². The quantitative estimate of drug-likeness (QED) is 0.477. The van der Waals surface area contributed by atoms with Crippen LogP contribution in [-0.2, 0) is 10.0 Å². The summed E-state index contributed by atoms with van der Waals surface area (Å²) in [7, 11) is 0.369. The second kappa shape index (κ2) is 6.98. The molecule has 0 atom stereocenters. The molecule has 0 aliphatic carbocycles. The molecule has 0 fully saturated rings. The monoisotopic (exact) mass is 220 g/mol. The Kier molecular flexibility index (Phi) is 6.78. The number of sulfonamides is 1. The Balaban J connectivity index is 3.88. The average Bonchev–Trinajstić information content (AvgIpc) is 2.13. The van der Waals surface area contributed by atoms with Crippen LogP contribution in [0, 0.1) is 0 Å². The van der Waals surface area contributed by atoms with Gasteiger partial charge in [0.25, 0.3) is 0 Å². The van der Waals surface area contributed by atoms with Crippen molar-refractivity contribution in [1.29, 1.82) is 0 Å². The van der Waals surface area contributed by atoms with Crippen LogP contribution in [0.3, 0.4) is 0 Å². The normalized spacial score (nSPS) is 11.9. The lowest BCUT2D eigenvalue weighted by Gasteiger charge is -2.14. The van der Waals surface area contributed by atoms with Crippen molar-refractivity contribution in [3.05, 3.63) is 12.7 Å². The minimum atomic E-state index is -3.07. The van der Waals surface area contributed by atoms with Crippen LogP contribution in [0.5, 0.6) is 0 Å². The second-order valence-electron chi connectivity index (χ2n) is 3.20. The van der Waals surface area contributed by atoms with Gasteiger partial charge in [-0.3, -0.25) is 0 Å². The molecule has 0 aromatic carbocycles. The molecule has 0 spiro atoms. The molecule has 0 bridgehead atoms. The predicted molar refractivity (Wildman–Crippen MR) is 59.8 cm³/mol. The van der Waals surface area contributed by atoms with Crippen LogP contribution < -0.4 is 5.32 Å². The van der Waals surface area contributed by atoms with Crippen molar-refractivity contribution in [1.82, 2.24) is 9.62 Å². The first-order chi connectivity index (χ1) is 6.54. The van der Waals surface area contributed by atoms with E-state index < -0.39 is 10.0 Å². The van der Waals surface area contributed by atoms with Gasteiger partial charge in [-0.1, -0.05) is 6.08 Å². The standard InChI is InChI=1S/C9H20N2O2S/c1-4-8-11(3)14(12,13)9-6-5-7-10-2/h4,10H,1,5-9H2,2-3H3. The van der Waals surface area contributed by atoms with Crippen LogP contribution in [0.4, 0.5) is 0 Å².